The van der Waals surface area contributed by atoms with Crippen LogP contribution < -0.4 is 14.2 Å². The van der Waals surface area contributed by atoms with E-state index in [-0.39, 0.29) is 11.6 Å². The van der Waals surface area contributed by atoms with Crippen LogP contribution in [0, 0.1) is 105 Å². The average Bonchev–Trinajstić information content (AvgIpc) is 1.53. The molecule has 21 nitrogen and oxygen atoms in total. The van der Waals surface area contributed by atoms with Crippen molar-refractivity contribution in [2.24, 2.45) is 71.0 Å². The molecule has 4 aliphatic heterocycles. The first-order valence-electron chi connectivity index (χ1n) is 43.3. The summed E-state index contributed by atoms with van der Waals surface area (Å²) in [4.78, 5) is 34.3. The van der Waals surface area contributed by atoms with Gasteiger partial charge in [0.2, 0.25) is 40.1 Å². The summed E-state index contributed by atoms with van der Waals surface area (Å²) in [7, 11) is -15.9. The molecule has 9 heterocycles. The maximum absolute atomic E-state index is 15.1. The Morgan fingerprint density at radius 1 is 0.447 bits per heavy atom. The van der Waals surface area contributed by atoms with Crippen molar-refractivity contribution in [1.82, 2.24) is 43.4 Å². The first-order chi connectivity index (χ1) is 61.6. The van der Waals surface area contributed by atoms with Crippen LogP contribution in [0.25, 0.3) is 68.8 Å². The SMILES string of the molecule is C[C@@H]1[C@H]2[C@@H](/C=C/c3ccc(-c4cccc(F)c4)cn3)[C@H](C)C(F)(F)C[C@H]2S(=O)(=O)N1C(=O)OC(C)(C)C.C[C@H]1NS(=O)(=O)[C@]2(C)CC(F)(F)[C@@H](C)[C@H](/C=C/c3ccc(-c4cccc(F)c4)cn3)[C@H]12.C[C@H]1NS(=O)(=O)[C@]2(C)CC(F)(F)[C@@H](C)[C@H](/C=C/c3ccc(-c4ccccc4C#N)cn3)[C@H]12.C[C@H]1NS(=O)(=O)[C@]2(C)CC(F)(F)[C@@H](C)[C@H](/C=C/c3ccc(-c4cccnc4C#N)cn3)[C@H]12. The molecule has 4 aliphatic carbocycles. The molecule has 35 heteroatoms. The van der Waals surface area contributed by atoms with Crippen molar-refractivity contribution in [2.45, 2.75) is 196 Å². The molecule has 16 rings (SSSR count). The highest BCUT2D eigenvalue weighted by Crippen LogP contribution is 2.61. The molecule has 132 heavy (non-hydrogen) atoms. The Morgan fingerprint density at radius 2 is 0.803 bits per heavy atom. The molecular formula is C97H105F10N11O10S4. The molecule has 4 saturated heterocycles. The molecule has 8 aliphatic rings. The first kappa shape index (κ1) is 99.1. The molecule has 3 N–H and O–H groups in total. The van der Waals surface area contributed by atoms with E-state index in [9.17, 15) is 84.1 Å². The zero-order chi connectivity index (χ0) is 96.6. The molecule has 3 aromatic carbocycles. The molecule has 8 fully saturated rings. The van der Waals surface area contributed by atoms with Crippen LogP contribution in [-0.4, -0.2) is 142 Å². The fourth-order valence-electron chi connectivity index (χ4n) is 21.1. The Labute approximate surface area is 764 Å². The molecule has 8 aromatic rings. The number of allylic oxidation sites excluding steroid dienone is 4. The van der Waals surface area contributed by atoms with Gasteiger partial charge in [0.25, 0.3) is 23.7 Å². The third kappa shape index (κ3) is 19.3. The lowest BCUT2D eigenvalue weighted by molar-refractivity contribution is -0.121. The van der Waals surface area contributed by atoms with Crippen LogP contribution in [0.5, 0.6) is 0 Å². The van der Waals surface area contributed by atoms with Gasteiger partial charge >= 0.3 is 6.09 Å². The van der Waals surface area contributed by atoms with Crippen LogP contribution in [0.1, 0.15) is 157 Å². The monoisotopic (exact) mass is 1900 g/mol. The van der Waals surface area contributed by atoms with Crippen molar-refractivity contribution in [3.63, 3.8) is 0 Å². The smallest absolute Gasteiger partial charge is 0.424 e. The third-order valence-electron chi connectivity index (χ3n) is 28.1. The van der Waals surface area contributed by atoms with Crippen molar-refractivity contribution >= 4 is 70.5 Å². The van der Waals surface area contributed by atoms with Gasteiger partial charge in [-0.2, -0.15) is 10.5 Å². The number of ether oxygens (including phenoxy) is 1. The van der Waals surface area contributed by atoms with Gasteiger partial charge in [0.15, 0.2) is 0 Å². The van der Waals surface area contributed by atoms with Crippen LogP contribution in [-0.2, 0) is 44.8 Å². The van der Waals surface area contributed by atoms with Gasteiger partial charge < -0.3 is 4.74 Å². The zero-order valence-electron chi connectivity index (χ0n) is 74.9. The Morgan fingerprint density at radius 3 is 1.16 bits per heavy atom. The number of hydrogen-bond acceptors (Lipinski definition) is 17. The maximum Gasteiger partial charge on any atom is 0.424 e. The highest BCUT2D eigenvalue weighted by Gasteiger charge is 2.71. The van der Waals surface area contributed by atoms with Crippen molar-refractivity contribution < 1.29 is 87.1 Å². The summed E-state index contributed by atoms with van der Waals surface area (Å²) < 4.78 is 258. The Bertz CT molecular complexity index is 6170. The number of halogens is 10. The number of carbonyl (C=O) groups is 1. The fourth-order valence-corrected chi connectivity index (χ4v) is 29.5. The number of amides is 1. The van der Waals surface area contributed by atoms with Gasteiger partial charge in [-0.05, 0) is 195 Å². The number of rotatable bonds is 12. The number of benzene rings is 3. The Balaban J connectivity index is 0.000000150. The van der Waals surface area contributed by atoms with Gasteiger partial charge in [-0.15, -0.1) is 0 Å². The van der Waals surface area contributed by atoms with Crippen LogP contribution in [0.4, 0.5) is 48.7 Å². The summed E-state index contributed by atoms with van der Waals surface area (Å²) in [5.74, 6) is -22.4. The van der Waals surface area contributed by atoms with Gasteiger partial charge in [0.05, 0.1) is 59.9 Å². The van der Waals surface area contributed by atoms with Crippen molar-refractivity contribution in [3.05, 3.63) is 234 Å². The van der Waals surface area contributed by atoms with Gasteiger partial charge in [0, 0.05) is 156 Å². The lowest BCUT2D eigenvalue weighted by Gasteiger charge is -2.47. The van der Waals surface area contributed by atoms with E-state index in [1.807, 2.05) is 24.3 Å². The van der Waals surface area contributed by atoms with E-state index >= 15 is 8.78 Å². The predicted molar refractivity (Wildman–Crippen MR) is 485 cm³/mol. The van der Waals surface area contributed by atoms with Crippen LogP contribution in [0.2, 0.25) is 0 Å². The van der Waals surface area contributed by atoms with Gasteiger partial charge in [-0.3, -0.25) is 19.9 Å². The molecule has 1 amide bonds. The number of carbonyl (C=O) groups excluding carboxylic acids is 1. The molecule has 0 bridgehead atoms. The van der Waals surface area contributed by atoms with E-state index in [0.717, 1.165) is 22.3 Å². The highest BCUT2D eigenvalue weighted by molar-refractivity contribution is 7.92. The Kier molecular flexibility index (Phi) is 27.6. The van der Waals surface area contributed by atoms with Crippen LogP contribution in [0.15, 0.2) is 189 Å². The van der Waals surface area contributed by atoms with Gasteiger partial charge in [-0.1, -0.05) is 119 Å². The predicted octanol–water partition coefficient (Wildman–Crippen LogP) is 19.7. The first-order valence-corrected chi connectivity index (χ1v) is 49.3. The molecule has 0 spiro atoms. The lowest BCUT2D eigenvalue weighted by atomic mass is 9.63. The van der Waals surface area contributed by atoms with Crippen LogP contribution >= 0.6 is 0 Å². The van der Waals surface area contributed by atoms with Crippen molar-refractivity contribution in [2.75, 3.05) is 0 Å². The number of pyridine rings is 5. The summed E-state index contributed by atoms with van der Waals surface area (Å²) in [5.41, 5.74) is 7.76. The minimum absolute atomic E-state index is 0.291. The minimum Gasteiger partial charge on any atom is -0.443 e. The second-order valence-electron chi connectivity index (χ2n) is 37.7. The maximum atomic E-state index is 15.1. The van der Waals surface area contributed by atoms with E-state index in [0.29, 0.717) is 60.6 Å². The van der Waals surface area contributed by atoms with Gasteiger partial charge in [0.1, 0.15) is 29.0 Å². The highest BCUT2D eigenvalue weighted by atomic mass is 32.2. The third-order valence-corrected chi connectivity index (χ3v) is 37.3. The minimum atomic E-state index is -4.36. The largest absolute Gasteiger partial charge is 0.443 e. The second-order valence-corrected chi connectivity index (χ2v) is 46.2. The number of nitriles is 2. The number of alkyl halides is 8. The normalized spacial score (nSPS) is 32.0. The topological polar surface area (TPSA) is 314 Å². The molecule has 20 atom stereocenters. The molecule has 4 saturated carbocycles. The number of nitrogens with one attached hydrogen (secondary N) is 3. The fraction of sp³-hybridized carbons (Fsp3) is 0.443. The number of nitrogens with zero attached hydrogens (tertiary/aromatic N) is 8. The zero-order valence-corrected chi connectivity index (χ0v) is 78.2. The standard InChI is InChI=1S/C27H31F3N2O4S.C24H25F2N3O2S.C23H25F3N2O2S.C23H24F2N4O2S/c1-16-22(12-11-21-10-9-19(15-31-21)18-7-6-8-20(28)13-18)24-17(2)32(25(33)36-26(3,4)5)37(34,35)23(24)14-27(16,29)30;1-15-20(22-16(2)29-32(30,31)23(22,3)14-24(15,25)26)11-10-19-9-8-18(13-28-19)21-7-5-4-6-17(21)12-27;1-14-20(21-15(2)28-31(29,30)22(21,3)13-23(14,25)26)10-9-19-8-7-17(12-27-19)16-5-4-6-18(24)11-16;1-14-18(21-15(2)29-32(30,31)22(21,3)13-23(14,24)25)9-8-17-7-6-16(12-28-17)19-5-4-10-27-20(19)11-26/h6-13,15-17,22-24H,14H2,1-5H3;4-11,13,15-16,20,22,29H,14H2,1-3H3;4-12,14-15,20-21,28H,13H2,1-3H3;4-10,12,14-15,18,21,29H,13H2,1-3H3/b12-11+;11-10+;10-9+;9-8+/t16-,17+,22-,23+,24-;15-,16+,20-,22-,23+;14-,15+,20-,21-,22+;14-,15+,18-,21-,22+/m0000/s1. The number of aromatic nitrogens is 5. The van der Waals surface area contributed by atoms with Crippen LogP contribution in [0.3, 0.4) is 0 Å². The van der Waals surface area contributed by atoms with Gasteiger partial charge in [-0.25, -0.2) is 106 Å². The van der Waals surface area contributed by atoms with E-state index < -0.39 is 216 Å². The average molecular weight is 1900 g/mol. The molecule has 702 valence electrons. The van der Waals surface area contributed by atoms with E-state index in [1.165, 1.54) is 72.7 Å². The van der Waals surface area contributed by atoms with E-state index in [2.05, 4.69) is 45.2 Å². The number of hydrogen-bond donors (Lipinski definition) is 3. The molecule has 5 aromatic heterocycles. The molecule has 0 radical (unpaired) electrons. The van der Waals surface area contributed by atoms with Crippen molar-refractivity contribution in [1.29, 1.82) is 10.5 Å². The molecular weight excluding hydrogens is 1800 g/mol. The quantitative estimate of drug-likeness (QED) is 0.0957. The summed E-state index contributed by atoms with van der Waals surface area (Å²) in [6.45, 7) is 21.7. The van der Waals surface area contributed by atoms with E-state index in [4.69, 9.17) is 4.74 Å². The van der Waals surface area contributed by atoms with Crippen molar-refractivity contribution in [3.8, 4) is 56.6 Å². The lowest BCUT2D eigenvalue weighted by Crippen LogP contribution is -2.56. The van der Waals surface area contributed by atoms with E-state index in [1.54, 1.807) is 219 Å². The number of sulfonamides is 4. The summed E-state index contributed by atoms with van der Waals surface area (Å²) in [6.07, 6.45) is 17.2. The summed E-state index contributed by atoms with van der Waals surface area (Å²) >= 11 is 0. The second kappa shape index (κ2) is 36.8. The molecule has 0 unspecified atom stereocenters. The number of fused-ring (bicyclic) bond motifs is 4. The Hall–Kier alpha value is -10.4. The summed E-state index contributed by atoms with van der Waals surface area (Å²) in [6, 6.07) is 39.0. The summed E-state index contributed by atoms with van der Waals surface area (Å²) in [5, 5.41) is 17.1.